The van der Waals surface area contributed by atoms with Gasteiger partial charge in [0.2, 0.25) is 0 Å². The SMILES string of the molecule is CC(N)(Cc1cc(I)c(Oc2ccc(O)cc2)c(I)c1)C(=O)O. The Morgan fingerprint density at radius 3 is 2.22 bits per heavy atom. The number of aliphatic carboxylic acids is 1. The molecule has 0 aliphatic rings. The van der Waals surface area contributed by atoms with Gasteiger partial charge in [0.15, 0.2) is 5.75 Å². The van der Waals surface area contributed by atoms with Gasteiger partial charge in [0.1, 0.15) is 17.0 Å². The number of hydrogen-bond acceptors (Lipinski definition) is 4. The summed E-state index contributed by atoms with van der Waals surface area (Å²) in [5.41, 5.74) is 5.33. The number of carbonyl (C=O) groups is 1. The smallest absolute Gasteiger partial charge is 0.323 e. The molecule has 0 heterocycles. The Morgan fingerprint density at radius 1 is 1.22 bits per heavy atom. The van der Waals surface area contributed by atoms with Crippen LogP contribution in [0.2, 0.25) is 0 Å². The van der Waals surface area contributed by atoms with Crippen LogP contribution in [0.5, 0.6) is 17.2 Å². The van der Waals surface area contributed by atoms with Crippen LogP contribution in [0, 0.1) is 7.14 Å². The first kappa shape index (κ1) is 18.3. The molecule has 4 N–H and O–H groups in total. The number of phenolic OH excluding ortho intramolecular Hbond substituents is 1. The molecule has 7 heteroatoms. The van der Waals surface area contributed by atoms with Crippen molar-refractivity contribution in [2.75, 3.05) is 0 Å². The largest absolute Gasteiger partial charge is 0.508 e. The molecule has 0 bridgehead atoms. The number of carboxylic acids is 1. The topological polar surface area (TPSA) is 92.8 Å². The Hall–Kier alpha value is -1.07. The number of benzene rings is 2. The van der Waals surface area contributed by atoms with Gasteiger partial charge >= 0.3 is 5.97 Å². The number of aromatic hydroxyl groups is 1. The van der Waals surface area contributed by atoms with Crippen molar-refractivity contribution in [3.05, 3.63) is 49.1 Å². The van der Waals surface area contributed by atoms with Crippen LogP contribution in [0.3, 0.4) is 0 Å². The first-order chi connectivity index (χ1) is 10.7. The molecule has 1 atom stereocenters. The predicted octanol–water partition coefficient (Wildman–Crippen LogP) is 3.74. The second kappa shape index (κ2) is 7.22. The van der Waals surface area contributed by atoms with E-state index in [2.05, 4.69) is 45.2 Å². The molecule has 2 aromatic rings. The number of rotatable bonds is 5. The van der Waals surface area contributed by atoms with Crippen molar-refractivity contribution < 1.29 is 19.7 Å². The molecule has 0 spiro atoms. The van der Waals surface area contributed by atoms with Crippen LogP contribution in [-0.2, 0) is 11.2 Å². The maximum absolute atomic E-state index is 11.2. The molecule has 0 saturated carbocycles. The average molecular weight is 539 g/mol. The molecule has 0 saturated heterocycles. The molecule has 0 amide bonds. The fraction of sp³-hybridized carbons (Fsp3) is 0.188. The van der Waals surface area contributed by atoms with E-state index < -0.39 is 11.5 Å². The fourth-order valence-electron chi connectivity index (χ4n) is 1.94. The quantitative estimate of drug-likeness (QED) is 0.504. The van der Waals surface area contributed by atoms with Crippen LogP contribution < -0.4 is 10.5 Å². The third-order valence-corrected chi connectivity index (χ3v) is 4.78. The van der Waals surface area contributed by atoms with Crippen molar-refractivity contribution in [1.82, 2.24) is 0 Å². The van der Waals surface area contributed by atoms with Crippen molar-refractivity contribution in [2.24, 2.45) is 5.73 Å². The van der Waals surface area contributed by atoms with Crippen LogP contribution in [-0.4, -0.2) is 21.7 Å². The monoisotopic (exact) mass is 539 g/mol. The maximum atomic E-state index is 11.2. The second-order valence-electron chi connectivity index (χ2n) is 5.38. The zero-order chi connectivity index (χ0) is 17.2. The highest BCUT2D eigenvalue weighted by atomic mass is 127. The van der Waals surface area contributed by atoms with E-state index in [4.69, 9.17) is 15.6 Å². The van der Waals surface area contributed by atoms with Crippen LogP contribution in [0.25, 0.3) is 0 Å². The predicted molar refractivity (Wildman–Crippen MR) is 104 cm³/mol. The van der Waals surface area contributed by atoms with Crippen molar-refractivity contribution >= 4 is 51.2 Å². The summed E-state index contributed by atoms with van der Waals surface area (Å²) in [7, 11) is 0. The summed E-state index contributed by atoms with van der Waals surface area (Å²) in [6, 6.07) is 10.2. The van der Waals surface area contributed by atoms with E-state index >= 15 is 0 Å². The Morgan fingerprint density at radius 2 is 1.74 bits per heavy atom. The van der Waals surface area contributed by atoms with E-state index in [9.17, 15) is 9.90 Å². The summed E-state index contributed by atoms with van der Waals surface area (Å²) in [6.07, 6.45) is 0.230. The highest BCUT2D eigenvalue weighted by Gasteiger charge is 2.28. The van der Waals surface area contributed by atoms with Gasteiger partial charge < -0.3 is 20.7 Å². The molecule has 122 valence electrons. The minimum Gasteiger partial charge on any atom is -0.508 e. The molecule has 1 unspecified atom stereocenters. The van der Waals surface area contributed by atoms with Crippen molar-refractivity contribution in [3.63, 3.8) is 0 Å². The summed E-state index contributed by atoms with van der Waals surface area (Å²) in [6.45, 7) is 1.50. The number of nitrogens with two attached hydrogens (primary N) is 1. The van der Waals surface area contributed by atoms with Gasteiger partial charge in [-0.3, -0.25) is 4.79 Å². The van der Waals surface area contributed by atoms with Gasteiger partial charge in [-0.1, -0.05) is 0 Å². The van der Waals surface area contributed by atoms with E-state index in [1.807, 2.05) is 12.1 Å². The first-order valence-corrected chi connectivity index (χ1v) is 8.82. The second-order valence-corrected chi connectivity index (χ2v) is 7.71. The summed E-state index contributed by atoms with van der Waals surface area (Å²) < 4.78 is 7.57. The maximum Gasteiger partial charge on any atom is 0.323 e. The molecule has 0 fully saturated rings. The third kappa shape index (κ3) is 4.70. The highest BCUT2D eigenvalue weighted by molar-refractivity contribution is 14.1. The van der Waals surface area contributed by atoms with Gasteiger partial charge in [0.05, 0.1) is 7.14 Å². The van der Waals surface area contributed by atoms with Crippen molar-refractivity contribution in [1.29, 1.82) is 0 Å². The Kier molecular flexibility index (Phi) is 5.74. The van der Waals surface area contributed by atoms with Gasteiger partial charge in [-0.05, 0) is 94.1 Å². The number of carboxylic acid groups (broad SMARTS) is 1. The zero-order valence-electron chi connectivity index (χ0n) is 12.2. The molecular weight excluding hydrogens is 524 g/mol. The highest BCUT2D eigenvalue weighted by Crippen LogP contribution is 2.34. The number of ether oxygens (including phenoxy) is 1. The fourth-order valence-corrected chi connectivity index (χ4v) is 4.06. The zero-order valence-corrected chi connectivity index (χ0v) is 16.5. The van der Waals surface area contributed by atoms with Gasteiger partial charge in [0, 0.05) is 6.42 Å². The van der Waals surface area contributed by atoms with Crippen LogP contribution >= 0.6 is 45.2 Å². The van der Waals surface area contributed by atoms with E-state index in [1.54, 1.807) is 24.3 Å². The van der Waals surface area contributed by atoms with Crippen molar-refractivity contribution in [2.45, 2.75) is 18.9 Å². The van der Waals surface area contributed by atoms with E-state index in [0.717, 1.165) is 12.7 Å². The van der Waals surface area contributed by atoms with Crippen LogP contribution in [0.4, 0.5) is 0 Å². The summed E-state index contributed by atoms with van der Waals surface area (Å²) in [5, 5.41) is 18.4. The minimum absolute atomic E-state index is 0.174. The van der Waals surface area contributed by atoms with Gasteiger partial charge in [-0.25, -0.2) is 0 Å². The lowest BCUT2D eigenvalue weighted by atomic mass is 9.94. The lowest BCUT2D eigenvalue weighted by molar-refractivity contribution is -0.142. The number of hydrogen-bond donors (Lipinski definition) is 3. The Bertz CT molecular complexity index is 706. The number of phenols is 1. The third-order valence-electron chi connectivity index (χ3n) is 3.17. The number of halogens is 2. The lowest BCUT2D eigenvalue weighted by Gasteiger charge is -2.20. The molecule has 0 radical (unpaired) electrons. The summed E-state index contributed by atoms with van der Waals surface area (Å²) in [5.74, 6) is 0.440. The average Bonchev–Trinajstić information content (AvgIpc) is 2.44. The van der Waals surface area contributed by atoms with E-state index in [1.165, 1.54) is 6.92 Å². The standard InChI is InChI=1S/C16H15I2NO4/c1-16(19,15(21)22)8-9-6-12(17)14(13(18)7-9)23-11-4-2-10(20)3-5-11/h2-7,20H,8,19H2,1H3,(H,21,22). The molecule has 23 heavy (non-hydrogen) atoms. The molecule has 5 nitrogen and oxygen atoms in total. The van der Waals surface area contributed by atoms with Gasteiger partial charge in [0.25, 0.3) is 0 Å². The van der Waals surface area contributed by atoms with Gasteiger partial charge in [-0.15, -0.1) is 0 Å². The van der Waals surface area contributed by atoms with E-state index in [0.29, 0.717) is 11.5 Å². The van der Waals surface area contributed by atoms with Crippen LogP contribution in [0.1, 0.15) is 12.5 Å². The summed E-state index contributed by atoms with van der Waals surface area (Å²) >= 11 is 4.29. The van der Waals surface area contributed by atoms with E-state index in [-0.39, 0.29) is 12.2 Å². The molecule has 2 rings (SSSR count). The molecule has 0 aliphatic carbocycles. The lowest BCUT2D eigenvalue weighted by Crippen LogP contribution is -2.46. The first-order valence-electron chi connectivity index (χ1n) is 6.66. The Balaban J connectivity index is 2.27. The van der Waals surface area contributed by atoms with Gasteiger partial charge in [-0.2, -0.15) is 0 Å². The minimum atomic E-state index is -1.31. The summed E-state index contributed by atoms with van der Waals surface area (Å²) in [4.78, 5) is 11.2. The molecule has 0 aromatic heterocycles. The molecule has 0 aliphatic heterocycles. The van der Waals surface area contributed by atoms with Crippen LogP contribution in [0.15, 0.2) is 36.4 Å². The molecular formula is C16H15I2NO4. The van der Waals surface area contributed by atoms with Crippen molar-refractivity contribution in [3.8, 4) is 17.2 Å². The molecule has 2 aromatic carbocycles. The normalized spacial score (nSPS) is 13.4. The Labute approximate surface area is 161 Å².